The zero-order valence-corrected chi connectivity index (χ0v) is 10.6. The number of rotatable bonds is 5. The molecule has 2 N–H and O–H groups in total. The molecule has 0 saturated carbocycles. The van der Waals surface area contributed by atoms with Gasteiger partial charge in [-0.25, -0.2) is 0 Å². The van der Waals surface area contributed by atoms with Gasteiger partial charge in [-0.2, -0.15) is 0 Å². The van der Waals surface area contributed by atoms with Gasteiger partial charge in [0.15, 0.2) is 0 Å². The molecule has 2 rings (SSSR count). The molecule has 1 aliphatic rings. The summed E-state index contributed by atoms with van der Waals surface area (Å²) in [5, 5.41) is 0. The quantitative estimate of drug-likeness (QED) is 0.847. The maximum Gasteiger partial charge on any atom is 0.119 e. The summed E-state index contributed by atoms with van der Waals surface area (Å²) >= 11 is 0. The molecule has 3 heteroatoms. The van der Waals surface area contributed by atoms with Gasteiger partial charge in [-0.05, 0) is 50.6 Å². The van der Waals surface area contributed by atoms with Crippen molar-refractivity contribution >= 4 is 0 Å². The van der Waals surface area contributed by atoms with Crippen LogP contribution in [0.15, 0.2) is 24.3 Å². The van der Waals surface area contributed by atoms with Gasteiger partial charge < -0.3 is 15.4 Å². The second-order valence-corrected chi connectivity index (χ2v) is 4.77. The van der Waals surface area contributed by atoms with Gasteiger partial charge in [0.05, 0.1) is 6.61 Å². The predicted octanol–water partition coefficient (Wildman–Crippen LogP) is 2.01. The molecule has 17 heavy (non-hydrogen) atoms. The number of likely N-dealkylation sites (tertiary alicyclic amines) is 1. The molecular weight excluding hydrogens is 212 g/mol. The largest absolute Gasteiger partial charge is 0.494 e. The summed E-state index contributed by atoms with van der Waals surface area (Å²) in [6.07, 6.45) is 3.75. The van der Waals surface area contributed by atoms with E-state index in [0.717, 1.165) is 24.3 Å². The molecule has 0 spiro atoms. The summed E-state index contributed by atoms with van der Waals surface area (Å²) in [5.41, 5.74) is 6.73. The Morgan fingerprint density at radius 2 is 2.35 bits per heavy atom. The van der Waals surface area contributed by atoms with Crippen molar-refractivity contribution in [2.24, 2.45) is 5.73 Å². The first-order valence-electron chi connectivity index (χ1n) is 6.41. The van der Waals surface area contributed by atoms with E-state index >= 15 is 0 Å². The lowest BCUT2D eigenvalue weighted by atomic mass is 10.1. The zero-order chi connectivity index (χ0) is 12.1. The first-order chi connectivity index (χ1) is 8.29. The highest BCUT2D eigenvalue weighted by atomic mass is 16.5. The first kappa shape index (κ1) is 12.4. The Balaban J connectivity index is 1.77. The third kappa shape index (κ3) is 3.45. The van der Waals surface area contributed by atoms with E-state index in [1.807, 2.05) is 24.3 Å². The Morgan fingerprint density at radius 3 is 3.06 bits per heavy atom. The molecule has 1 fully saturated rings. The Morgan fingerprint density at radius 1 is 1.47 bits per heavy atom. The van der Waals surface area contributed by atoms with Crippen molar-refractivity contribution in [2.45, 2.75) is 31.8 Å². The van der Waals surface area contributed by atoms with E-state index in [9.17, 15) is 0 Å². The van der Waals surface area contributed by atoms with Crippen molar-refractivity contribution in [2.75, 3.05) is 20.2 Å². The predicted molar refractivity (Wildman–Crippen MR) is 70.1 cm³/mol. The van der Waals surface area contributed by atoms with Crippen molar-refractivity contribution in [1.29, 1.82) is 0 Å². The van der Waals surface area contributed by atoms with Crippen LogP contribution in [0.2, 0.25) is 0 Å². The number of hydrogen-bond acceptors (Lipinski definition) is 3. The number of hydrogen-bond donors (Lipinski definition) is 1. The lowest BCUT2D eigenvalue weighted by Gasteiger charge is -2.19. The summed E-state index contributed by atoms with van der Waals surface area (Å²) in [7, 11) is 2.20. The maximum atomic E-state index is 5.78. The van der Waals surface area contributed by atoms with Crippen LogP contribution in [0.5, 0.6) is 5.75 Å². The Labute approximate surface area is 104 Å². The third-order valence-corrected chi connectivity index (χ3v) is 3.53. The molecule has 1 saturated heterocycles. The molecule has 94 valence electrons. The SMILES string of the molecule is CN1CCCC1CCOc1cccc(CN)c1. The van der Waals surface area contributed by atoms with Crippen LogP contribution in [-0.2, 0) is 6.54 Å². The van der Waals surface area contributed by atoms with Crippen LogP contribution in [0.3, 0.4) is 0 Å². The highest BCUT2D eigenvalue weighted by Gasteiger charge is 2.20. The molecular formula is C14H22N2O. The van der Waals surface area contributed by atoms with Crippen molar-refractivity contribution < 1.29 is 4.74 Å². The van der Waals surface area contributed by atoms with Crippen molar-refractivity contribution in [3.8, 4) is 5.75 Å². The molecule has 1 aromatic carbocycles. The summed E-state index contributed by atoms with van der Waals surface area (Å²) in [5.74, 6) is 0.939. The molecule has 1 atom stereocenters. The lowest BCUT2D eigenvalue weighted by Crippen LogP contribution is -2.26. The minimum absolute atomic E-state index is 0.572. The molecule has 0 bridgehead atoms. The minimum Gasteiger partial charge on any atom is -0.494 e. The fourth-order valence-electron chi connectivity index (χ4n) is 2.42. The summed E-state index contributed by atoms with van der Waals surface area (Å²) in [4.78, 5) is 2.43. The van der Waals surface area contributed by atoms with Crippen LogP contribution in [0.25, 0.3) is 0 Å². The normalized spacial score (nSPS) is 20.7. The van der Waals surface area contributed by atoms with Crippen LogP contribution in [0, 0.1) is 0 Å². The van der Waals surface area contributed by atoms with Gasteiger partial charge in [-0.1, -0.05) is 12.1 Å². The molecule has 0 amide bonds. The van der Waals surface area contributed by atoms with Crippen LogP contribution < -0.4 is 10.5 Å². The Kier molecular flexibility index (Phi) is 4.40. The third-order valence-electron chi connectivity index (χ3n) is 3.53. The molecule has 0 aromatic heterocycles. The van der Waals surface area contributed by atoms with Gasteiger partial charge in [0, 0.05) is 12.6 Å². The van der Waals surface area contributed by atoms with E-state index in [4.69, 9.17) is 10.5 Å². The molecule has 1 aromatic rings. The average Bonchev–Trinajstić information content (AvgIpc) is 2.76. The van der Waals surface area contributed by atoms with Crippen molar-refractivity contribution in [3.63, 3.8) is 0 Å². The molecule has 1 unspecified atom stereocenters. The van der Waals surface area contributed by atoms with Crippen LogP contribution in [0.4, 0.5) is 0 Å². The van der Waals surface area contributed by atoms with Gasteiger partial charge in [-0.15, -0.1) is 0 Å². The summed E-state index contributed by atoms with van der Waals surface area (Å²) in [6.45, 7) is 2.60. The average molecular weight is 234 g/mol. The Bertz CT molecular complexity index is 354. The fraction of sp³-hybridized carbons (Fsp3) is 0.571. The number of benzene rings is 1. The van der Waals surface area contributed by atoms with E-state index in [2.05, 4.69) is 11.9 Å². The van der Waals surface area contributed by atoms with Gasteiger partial charge in [0.2, 0.25) is 0 Å². The molecule has 1 aliphatic heterocycles. The van der Waals surface area contributed by atoms with Crippen LogP contribution in [0.1, 0.15) is 24.8 Å². The Hall–Kier alpha value is -1.06. The number of nitrogens with two attached hydrogens (primary N) is 1. The van der Waals surface area contributed by atoms with E-state index in [0.29, 0.717) is 12.6 Å². The van der Waals surface area contributed by atoms with Crippen LogP contribution in [-0.4, -0.2) is 31.1 Å². The molecule has 0 aliphatic carbocycles. The maximum absolute atomic E-state index is 5.78. The van der Waals surface area contributed by atoms with Crippen molar-refractivity contribution in [3.05, 3.63) is 29.8 Å². The van der Waals surface area contributed by atoms with Gasteiger partial charge >= 0.3 is 0 Å². The van der Waals surface area contributed by atoms with Gasteiger partial charge in [0.1, 0.15) is 5.75 Å². The van der Waals surface area contributed by atoms with E-state index < -0.39 is 0 Å². The number of nitrogens with zero attached hydrogens (tertiary/aromatic N) is 1. The minimum atomic E-state index is 0.572. The monoisotopic (exact) mass is 234 g/mol. The molecule has 0 radical (unpaired) electrons. The topological polar surface area (TPSA) is 38.5 Å². The smallest absolute Gasteiger partial charge is 0.119 e. The van der Waals surface area contributed by atoms with Gasteiger partial charge in [-0.3, -0.25) is 0 Å². The fourth-order valence-corrected chi connectivity index (χ4v) is 2.42. The standard InChI is InChI=1S/C14H22N2O/c1-16-8-3-5-13(16)7-9-17-14-6-2-4-12(10-14)11-15/h2,4,6,10,13H,3,5,7-9,11,15H2,1H3. The second-order valence-electron chi connectivity index (χ2n) is 4.77. The zero-order valence-electron chi connectivity index (χ0n) is 10.6. The van der Waals surface area contributed by atoms with Crippen LogP contribution >= 0.6 is 0 Å². The second kappa shape index (κ2) is 6.03. The van der Waals surface area contributed by atoms with E-state index in [1.54, 1.807) is 0 Å². The highest BCUT2D eigenvalue weighted by Crippen LogP contribution is 2.19. The van der Waals surface area contributed by atoms with E-state index in [-0.39, 0.29) is 0 Å². The van der Waals surface area contributed by atoms with Gasteiger partial charge in [0.25, 0.3) is 0 Å². The van der Waals surface area contributed by atoms with E-state index in [1.165, 1.54) is 19.4 Å². The lowest BCUT2D eigenvalue weighted by molar-refractivity contribution is 0.233. The number of ether oxygens (including phenoxy) is 1. The highest BCUT2D eigenvalue weighted by molar-refractivity contribution is 5.28. The summed E-state index contributed by atoms with van der Waals surface area (Å²) in [6, 6.07) is 8.75. The molecule has 1 heterocycles. The molecule has 3 nitrogen and oxygen atoms in total. The first-order valence-corrected chi connectivity index (χ1v) is 6.41. The van der Waals surface area contributed by atoms with Crippen molar-refractivity contribution in [1.82, 2.24) is 4.90 Å². The summed E-state index contributed by atoms with van der Waals surface area (Å²) < 4.78 is 5.78.